The monoisotopic (exact) mass is 316 g/mol. The third-order valence-corrected chi connectivity index (χ3v) is 10.1. The van der Waals surface area contributed by atoms with Crippen LogP contribution in [0.5, 0.6) is 0 Å². The van der Waals surface area contributed by atoms with Crippen LogP contribution in [0.1, 0.15) is 0 Å². The Balaban J connectivity index is 1.69. The second-order valence-corrected chi connectivity index (χ2v) is 10.1. The minimum absolute atomic E-state index is 1.44. The molecule has 0 atom stereocenters. The van der Waals surface area contributed by atoms with Crippen LogP contribution in [0.15, 0.2) is 49.6 Å². The van der Waals surface area contributed by atoms with E-state index in [-0.39, 0.29) is 0 Å². The molecule has 80 valence electrons. The van der Waals surface area contributed by atoms with E-state index in [1.54, 1.807) is 0 Å². The lowest BCUT2D eigenvalue weighted by Crippen LogP contribution is -1.65. The molecule has 4 rings (SSSR count). The highest BCUT2D eigenvalue weighted by atomic mass is 32.2. The predicted molar refractivity (Wildman–Crippen MR) is 79.1 cm³/mol. The van der Waals surface area contributed by atoms with Gasteiger partial charge in [0.1, 0.15) is 0 Å². The van der Waals surface area contributed by atoms with E-state index in [1.165, 1.54) is 26.7 Å². The molecule has 0 saturated carbocycles. The zero-order valence-corrected chi connectivity index (χ0v) is 12.7. The van der Waals surface area contributed by atoms with Gasteiger partial charge in [0, 0.05) is 9.79 Å². The second-order valence-electron chi connectivity index (χ2n) is 3.13. The molecule has 0 aromatic carbocycles. The molecule has 0 radical (unpaired) electrons. The van der Waals surface area contributed by atoms with Gasteiger partial charge in [-0.05, 0) is 22.9 Å². The predicted octanol–water partition coefficient (Wildman–Crippen LogP) is 6.03. The number of hydrogen-bond donors (Lipinski definition) is 0. The number of rotatable bonds is 0. The summed E-state index contributed by atoms with van der Waals surface area (Å²) >= 11 is 11.4. The van der Waals surface area contributed by atoms with Gasteiger partial charge in [0.05, 0.1) is 16.9 Å². The van der Waals surface area contributed by atoms with E-state index in [0.717, 1.165) is 0 Å². The molecular formula is C10H4S6. The van der Waals surface area contributed by atoms with Gasteiger partial charge in [0.25, 0.3) is 0 Å². The maximum atomic E-state index is 2.23. The molecule has 2 aliphatic heterocycles. The first kappa shape index (κ1) is 10.5. The third-order valence-electron chi connectivity index (χ3n) is 2.13. The van der Waals surface area contributed by atoms with Gasteiger partial charge in [-0.15, -0.1) is 22.7 Å². The van der Waals surface area contributed by atoms with Gasteiger partial charge < -0.3 is 0 Å². The summed E-state index contributed by atoms with van der Waals surface area (Å²) in [6.45, 7) is 0. The minimum atomic E-state index is 1.44. The van der Waals surface area contributed by atoms with Crippen molar-refractivity contribution >= 4 is 69.7 Å². The zero-order valence-electron chi connectivity index (χ0n) is 7.76. The summed E-state index contributed by atoms with van der Waals surface area (Å²) in [5.74, 6) is 0. The summed E-state index contributed by atoms with van der Waals surface area (Å²) in [6.07, 6.45) is 0. The lowest BCUT2D eigenvalue weighted by atomic mass is 10.7. The molecule has 2 aromatic rings. The Hall–Kier alpha value is 0.540. The van der Waals surface area contributed by atoms with Gasteiger partial charge in [0.15, 0.2) is 0 Å². The first-order chi connectivity index (χ1) is 7.90. The van der Waals surface area contributed by atoms with E-state index >= 15 is 0 Å². The van der Waals surface area contributed by atoms with Crippen LogP contribution in [0, 0.1) is 0 Å². The number of fused-ring (bicyclic) bond motifs is 2. The van der Waals surface area contributed by atoms with Crippen molar-refractivity contribution < 1.29 is 0 Å². The average Bonchev–Trinajstić information content (AvgIpc) is 2.94. The molecule has 6 heteroatoms. The number of hydrogen-bond acceptors (Lipinski definition) is 6. The van der Waals surface area contributed by atoms with E-state index in [9.17, 15) is 0 Å². The Morgan fingerprint density at radius 1 is 0.625 bits per heavy atom. The van der Waals surface area contributed by atoms with Crippen molar-refractivity contribution in [3.05, 3.63) is 31.4 Å². The maximum absolute atomic E-state index is 2.23. The van der Waals surface area contributed by atoms with Crippen molar-refractivity contribution in [1.82, 2.24) is 0 Å². The smallest absolute Gasteiger partial charge is 0.0791 e. The second kappa shape index (κ2) is 4.03. The van der Waals surface area contributed by atoms with Gasteiger partial charge in [-0.25, -0.2) is 0 Å². The highest BCUT2D eigenvalue weighted by Gasteiger charge is 2.27. The number of thioether (sulfide) groups is 4. The molecule has 4 heterocycles. The molecular weight excluding hydrogens is 313 g/mol. The van der Waals surface area contributed by atoms with E-state index in [0.29, 0.717) is 0 Å². The van der Waals surface area contributed by atoms with Crippen molar-refractivity contribution in [2.45, 2.75) is 18.2 Å². The minimum Gasteiger partial charge on any atom is -0.136 e. The molecule has 2 aromatic heterocycles. The van der Waals surface area contributed by atoms with Crippen LogP contribution in [0.4, 0.5) is 0 Å². The van der Waals surface area contributed by atoms with Gasteiger partial charge in [-0.3, -0.25) is 0 Å². The molecule has 0 saturated heterocycles. The fourth-order valence-electron chi connectivity index (χ4n) is 1.44. The van der Waals surface area contributed by atoms with Crippen molar-refractivity contribution in [2.75, 3.05) is 0 Å². The van der Waals surface area contributed by atoms with Crippen LogP contribution >= 0.6 is 69.7 Å². The summed E-state index contributed by atoms with van der Waals surface area (Å²) in [5.41, 5.74) is 0. The lowest BCUT2D eigenvalue weighted by Gasteiger charge is -1.99. The fraction of sp³-hybridized carbons (Fsp3) is 0. The summed E-state index contributed by atoms with van der Waals surface area (Å²) in [4.78, 5) is 2.88. The quantitative estimate of drug-likeness (QED) is 0.581. The molecule has 0 bridgehead atoms. The highest BCUT2D eigenvalue weighted by Crippen LogP contribution is 2.63. The average molecular weight is 317 g/mol. The van der Waals surface area contributed by atoms with Gasteiger partial charge in [0.2, 0.25) is 0 Å². The molecule has 16 heavy (non-hydrogen) atoms. The van der Waals surface area contributed by atoms with Crippen molar-refractivity contribution in [1.29, 1.82) is 0 Å². The largest absolute Gasteiger partial charge is 0.136 e. The normalized spacial score (nSPS) is 22.5. The van der Waals surface area contributed by atoms with Gasteiger partial charge >= 0.3 is 0 Å². The first-order valence-electron chi connectivity index (χ1n) is 4.51. The summed E-state index contributed by atoms with van der Waals surface area (Å²) in [7, 11) is 0. The van der Waals surface area contributed by atoms with Crippen LogP contribution in [0.25, 0.3) is 0 Å². The van der Waals surface area contributed by atoms with Crippen molar-refractivity contribution in [2.24, 2.45) is 0 Å². The van der Waals surface area contributed by atoms with Crippen LogP contribution in [-0.4, -0.2) is 0 Å². The standard InChI is InChI=1S/C10H4S6/c1-3-11-7-5(1)13-9(15-7)10-14-6-2-4-12-8(6)16-10/h1-4H/b10-9+. The van der Waals surface area contributed by atoms with Crippen molar-refractivity contribution in [3.8, 4) is 0 Å². The van der Waals surface area contributed by atoms with Crippen molar-refractivity contribution in [3.63, 3.8) is 0 Å². The van der Waals surface area contributed by atoms with E-state index in [2.05, 4.69) is 22.9 Å². The van der Waals surface area contributed by atoms with E-state index in [1.807, 2.05) is 69.7 Å². The van der Waals surface area contributed by atoms with Crippen LogP contribution in [0.2, 0.25) is 0 Å². The highest BCUT2D eigenvalue weighted by molar-refractivity contribution is 8.31. The SMILES string of the molecule is c1cc2c(s1)S/C(=C1\Sc3ccsc3S1)S2. The lowest BCUT2D eigenvalue weighted by molar-refractivity contribution is 1.43. The van der Waals surface area contributed by atoms with Crippen LogP contribution < -0.4 is 0 Å². The Labute approximate surface area is 118 Å². The molecule has 0 aliphatic carbocycles. The summed E-state index contributed by atoms with van der Waals surface area (Å²) in [5, 5.41) is 4.36. The van der Waals surface area contributed by atoms with E-state index < -0.39 is 0 Å². The topological polar surface area (TPSA) is 0 Å². The molecule has 0 fully saturated rings. The Bertz CT molecular complexity index is 493. The third kappa shape index (κ3) is 1.62. The fourth-order valence-corrected chi connectivity index (χ4v) is 9.43. The van der Waals surface area contributed by atoms with E-state index in [4.69, 9.17) is 0 Å². The molecule has 0 spiro atoms. The van der Waals surface area contributed by atoms with Crippen LogP contribution in [-0.2, 0) is 0 Å². The molecule has 0 unspecified atom stereocenters. The Kier molecular flexibility index (Phi) is 2.64. The number of thiophene rings is 2. The molecule has 0 amide bonds. The molecule has 0 N–H and O–H groups in total. The Morgan fingerprint density at radius 2 is 1.12 bits per heavy atom. The van der Waals surface area contributed by atoms with Gasteiger partial charge in [-0.2, -0.15) is 0 Å². The summed E-state index contributed by atoms with van der Waals surface area (Å²) < 4.78 is 5.87. The first-order valence-corrected chi connectivity index (χ1v) is 9.53. The molecule has 0 nitrogen and oxygen atoms in total. The zero-order chi connectivity index (χ0) is 10.5. The summed E-state index contributed by atoms with van der Waals surface area (Å²) in [6, 6.07) is 4.45. The Morgan fingerprint density at radius 3 is 1.56 bits per heavy atom. The molecule has 2 aliphatic rings. The van der Waals surface area contributed by atoms with Crippen LogP contribution in [0.3, 0.4) is 0 Å². The maximum Gasteiger partial charge on any atom is 0.0791 e. The van der Waals surface area contributed by atoms with Gasteiger partial charge in [-0.1, -0.05) is 47.0 Å².